The molecular formula is C11H17N3O3S. The molecule has 0 unspecified atom stereocenters. The molecule has 1 aromatic carbocycles. The fourth-order valence-electron chi connectivity index (χ4n) is 1.28. The van der Waals surface area contributed by atoms with Crippen molar-refractivity contribution in [3.8, 4) is 0 Å². The Balaban J connectivity index is 2.94. The van der Waals surface area contributed by atoms with E-state index in [0.29, 0.717) is 12.1 Å². The first-order valence-corrected chi connectivity index (χ1v) is 6.99. The van der Waals surface area contributed by atoms with Crippen molar-refractivity contribution in [1.29, 1.82) is 0 Å². The zero-order valence-electron chi connectivity index (χ0n) is 10.3. The number of anilines is 1. The van der Waals surface area contributed by atoms with Crippen molar-refractivity contribution >= 4 is 21.6 Å². The molecule has 0 radical (unpaired) electrons. The van der Waals surface area contributed by atoms with Crippen LogP contribution in [0.1, 0.15) is 13.3 Å². The maximum Gasteiger partial charge on any atom is 0.241 e. The van der Waals surface area contributed by atoms with Crippen LogP contribution in [0, 0.1) is 0 Å². The van der Waals surface area contributed by atoms with Gasteiger partial charge in [0, 0.05) is 5.69 Å². The predicted molar refractivity (Wildman–Crippen MR) is 69.6 cm³/mol. The van der Waals surface area contributed by atoms with Gasteiger partial charge in [0.25, 0.3) is 0 Å². The summed E-state index contributed by atoms with van der Waals surface area (Å²) in [7, 11) is -2.19. The number of rotatable bonds is 5. The number of hydrogen-bond donors (Lipinski definition) is 3. The summed E-state index contributed by atoms with van der Waals surface area (Å²) in [5.41, 5.74) is 5.97. The van der Waals surface area contributed by atoms with Gasteiger partial charge in [0.05, 0.1) is 10.9 Å². The van der Waals surface area contributed by atoms with Gasteiger partial charge >= 0.3 is 0 Å². The molecule has 0 bridgehead atoms. The molecular weight excluding hydrogens is 254 g/mol. The normalized spacial score (nSPS) is 13.1. The highest BCUT2D eigenvalue weighted by atomic mass is 32.2. The largest absolute Gasteiger partial charge is 0.325 e. The smallest absolute Gasteiger partial charge is 0.241 e. The molecule has 6 nitrogen and oxygen atoms in total. The lowest BCUT2D eigenvalue weighted by Gasteiger charge is -2.11. The molecule has 0 saturated carbocycles. The summed E-state index contributed by atoms with van der Waals surface area (Å²) in [5, 5.41) is 2.57. The topological polar surface area (TPSA) is 101 Å². The predicted octanol–water partition coefficient (Wildman–Crippen LogP) is 0.270. The van der Waals surface area contributed by atoms with Crippen molar-refractivity contribution in [2.75, 3.05) is 12.4 Å². The van der Waals surface area contributed by atoms with Crippen LogP contribution in [-0.2, 0) is 14.8 Å². The van der Waals surface area contributed by atoms with Crippen molar-refractivity contribution in [3.05, 3.63) is 24.3 Å². The maximum atomic E-state index is 11.6. The van der Waals surface area contributed by atoms with Gasteiger partial charge in [-0.1, -0.05) is 13.0 Å². The third-order valence-corrected chi connectivity index (χ3v) is 3.87. The molecule has 1 amide bonds. The van der Waals surface area contributed by atoms with E-state index in [1.54, 1.807) is 19.1 Å². The van der Waals surface area contributed by atoms with Gasteiger partial charge in [0.15, 0.2) is 0 Å². The molecule has 100 valence electrons. The minimum atomic E-state index is -3.51. The summed E-state index contributed by atoms with van der Waals surface area (Å²) in [4.78, 5) is 11.7. The molecule has 1 aromatic rings. The lowest BCUT2D eigenvalue weighted by atomic mass is 10.2. The molecule has 0 aliphatic carbocycles. The minimum absolute atomic E-state index is 0.0906. The number of nitrogens with one attached hydrogen (secondary N) is 2. The number of carbonyl (C=O) groups is 1. The van der Waals surface area contributed by atoms with E-state index in [9.17, 15) is 13.2 Å². The molecule has 1 atom stereocenters. The van der Waals surface area contributed by atoms with Gasteiger partial charge in [0.1, 0.15) is 0 Å². The molecule has 0 aliphatic heterocycles. The van der Waals surface area contributed by atoms with E-state index in [1.165, 1.54) is 19.2 Å². The Bertz CT molecular complexity index is 528. The SMILES string of the molecule is CC[C@H](N)C(=O)Nc1cccc(S(=O)(=O)NC)c1. The van der Waals surface area contributed by atoms with Gasteiger partial charge in [-0.05, 0) is 31.7 Å². The Morgan fingerprint density at radius 1 is 1.44 bits per heavy atom. The first-order valence-electron chi connectivity index (χ1n) is 5.50. The number of nitrogens with two attached hydrogens (primary N) is 1. The van der Waals surface area contributed by atoms with Crippen LogP contribution in [0.25, 0.3) is 0 Å². The van der Waals surface area contributed by atoms with E-state index in [-0.39, 0.29) is 10.8 Å². The van der Waals surface area contributed by atoms with E-state index < -0.39 is 16.1 Å². The van der Waals surface area contributed by atoms with Gasteiger partial charge in [-0.3, -0.25) is 4.79 Å². The van der Waals surface area contributed by atoms with E-state index in [4.69, 9.17) is 5.73 Å². The van der Waals surface area contributed by atoms with Crippen molar-refractivity contribution < 1.29 is 13.2 Å². The zero-order valence-corrected chi connectivity index (χ0v) is 11.1. The van der Waals surface area contributed by atoms with Crippen LogP contribution in [0.4, 0.5) is 5.69 Å². The molecule has 4 N–H and O–H groups in total. The van der Waals surface area contributed by atoms with E-state index in [1.807, 2.05) is 0 Å². The van der Waals surface area contributed by atoms with Crippen molar-refractivity contribution in [2.45, 2.75) is 24.3 Å². The summed E-state index contributed by atoms with van der Waals surface area (Å²) < 4.78 is 25.4. The molecule has 0 saturated heterocycles. The molecule has 0 spiro atoms. The Morgan fingerprint density at radius 3 is 2.67 bits per heavy atom. The number of amides is 1. The molecule has 18 heavy (non-hydrogen) atoms. The number of carbonyl (C=O) groups excluding carboxylic acids is 1. The van der Waals surface area contributed by atoms with Crippen molar-refractivity contribution in [1.82, 2.24) is 4.72 Å². The standard InChI is InChI=1S/C11H17N3O3S/c1-3-10(12)11(15)14-8-5-4-6-9(7-8)18(16,17)13-2/h4-7,10,13H,3,12H2,1-2H3,(H,14,15)/t10-/m0/s1. The second kappa shape index (κ2) is 5.94. The Morgan fingerprint density at radius 2 is 2.11 bits per heavy atom. The molecule has 0 heterocycles. The summed E-state index contributed by atoms with van der Waals surface area (Å²) in [5.74, 6) is -0.337. The van der Waals surface area contributed by atoms with Gasteiger partial charge in [-0.2, -0.15) is 0 Å². The zero-order chi connectivity index (χ0) is 13.8. The average Bonchev–Trinajstić information content (AvgIpc) is 2.38. The summed E-state index contributed by atoms with van der Waals surface area (Å²) in [6, 6.07) is 5.38. The molecule has 0 fully saturated rings. The highest BCUT2D eigenvalue weighted by Gasteiger charge is 2.14. The number of benzene rings is 1. The Kier molecular flexibility index (Phi) is 4.83. The fraction of sp³-hybridized carbons (Fsp3) is 0.364. The average molecular weight is 271 g/mol. The molecule has 0 aliphatic rings. The van der Waals surface area contributed by atoms with Crippen LogP contribution in [0.15, 0.2) is 29.2 Å². The number of sulfonamides is 1. The van der Waals surface area contributed by atoms with Crippen LogP contribution in [-0.4, -0.2) is 27.4 Å². The van der Waals surface area contributed by atoms with E-state index >= 15 is 0 Å². The van der Waals surface area contributed by atoms with Gasteiger partial charge in [-0.25, -0.2) is 13.1 Å². The third-order valence-electron chi connectivity index (χ3n) is 2.46. The van der Waals surface area contributed by atoms with Crippen LogP contribution < -0.4 is 15.8 Å². The van der Waals surface area contributed by atoms with Gasteiger partial charge < -0.3 is 11.1 Å². The maximum absolute atomic E-state index is 11.6. The van der Waals surface area contributed by atoms with E-state index in [2.05, 4.69) is 10.0 Å². The fourth-order valence-corrected chi connectivity index (χ4v) is 2.05. The molecule has 0 aromatic heterocycles. The lowest BCUT2D eigenvalue weighted by molar-refractivity contribution is -0.117. The summed E-state index contributed by atoms with van der Waals surface area (Å²) >= 11 is 0. The van der Waals surface area contributed by atoms with Crippen LogP contribution >= 0.6 is 0 Å². The monoisotopic (exact) mass is 271 g/mol. The summed E-state index contributed by atoms with van der Waals surface area (Å²) in [6.45, 7) is 1.80. The van der Waals surface area contributed by atoms with Crippen molar-refractivity contribution in [3.63, 3.8) is 0 Å². The lowest BCUT2D eigenvalue weighted by Crippen LogP contribution is -2.34. The summed E-state index contributed by atoms with van der Waals surface area (Å²) in [6.07, 6.45) is 0.514. The second-order valence-electron chi connectivity index (χ2n) is 3.74. The van der Waals surface area contributed by atoms with Crippen LogP contribution in [0.5, 0.6) is 0 Å². The van der Waals surface area contributed by atoms with Gasteiger partial charge in [0.2, 0.25) is 15.9 Å². The van der Waals surface area contributed by atoms with E-state index in [0.717, 1.165) is 0 Å². The quantitative estimate of drug-likeness (QED) is 0.715. The van der Waals surface area contributed by atoms with Crippen LogP contribution in [0.3, 0.4) is 0 Å². The first-order chi connectivity index (χ1) is 8.40. The van der Waals surface area contributed by atoms with Gasteiger partial charge in [-0.15, -0.1) is 0 Å². The third kappa shape index (κ3) is 3.52. The van der Waals surface area contributed by atoms with Crippen molar-refractivity contribution in [2.24, 2.45) is 5.73 Å². The highest BCUT2D eigenvalue weighted by molar-refractivity contribution is 7.89. The second-order valence-corrected chi connectivity index (χ2v) is 5.63. The Labute approximate surface area is 107 Å². The minimum Gasteiger partial charge on any atom is -0.325 e. The molecule has 1 rings (SSSR count). The number of hydrogen-bond acceptors (Lipinski definition) is 4. The van der Waals surface area contributed by atoms with Crippen LogP contribution in [0.2, 0.25) is 0 Å². The first kappa shape index (κ1) is 14.6. The highest BCUT2D eigenvalue weighted by Crippen LogP contribution is 2.15. The Hall–Kier alpha value is -1.44. The molecule has 7 heteroatoms.